The molecule has 8 heteroatoms. The van der Waals surface area contributed by atoms with Crippen LogP contribution in [-0.4, -0.2) is 44.5 Å². The minimum absolute atomic E-state index is 0.0699. The second-order valence-electron chi connectivity index (χ2n) is 7.05. The summed E-state index contributed by atoms with van der Waals surface area (Å²) in [7, 11) is 1.55. The van der Waals surface area contributed by atoms with Gasteiger partial charge in [0.1, 0.15) is 17.5 Å². The Hall–Kier alpha value is -3.42. The number of aromatic nitrogens is 2. The van der Waals surface area contributed by atoms with Gasteiger partial charge in [0.25, 0.3) is 11.5 Å². The predicted molar refractivity (Wildman–Crippen MR) is 100 cm³/mol. The monoisotopic (exact) mass is 381 g/mol. The molecule has 1 aromatic carbocycles. The molecule has 0 bridgehead atoms. The maximum atomic E-state index is 13.2. The Morgan fingerprint density at radius 1 is 1.21 bits per heavy atom. The van der Waals surface area contributed by atoms with Crippen LogP contribution in [0, 0.1) is 12.8 Å². The molecular formula is C20H19N3O5. The fourth-order valence-electron chi connectivity index (χ4n) is 3.86. The van der Waals surface area contributed by atoms with Gasteiger partial charge >= 0.3 is 5.97 Å². The van der Waals surface area contributed by atoms with E-state index in [1.807, 2.05) is 30.3 Å². The number of aliphatic carboxylic acids is 1. The summed E-state index contributed by atoms with van der Waals surface area (Å²) in [5.41, 5.74) is 0.759. The molecule has 8 nitrogen and oxygen atoms in total. The van der Waals surface area contributed by atoms with Gasteiger partial charge < -0.3 is 19.0 Å². The Morgan fingerprint density at radius 3 is 2.61 bits per heavy atom. The van der Waals surface area contributed by atoms with Crippen molar-refractivity contribution < 1.29 is 19.1 Å². The third kappa shape index (κ3) is 2.77. The van der Waals surface area contributed by atoms with Crippen molar-refractivity contribution in [3.05, 3.63) is 63.9 Å². The van der Waals surface area contributed by atoms with Crippen LogP contribution in [0.15, 0.2) is 45.9 Å². The van der Waals surface area contributed by atoms with E-state index in [-0.39, 0.29) is 41.2 Å². The van der Waals surface area contributed by atoms with Crippen LogP contribution in [0.3, 0.4) is 0 Å². The fourth-order valence-corrected chi connectivity index (χ4v) is 3.86. The van der Waals surface area contributed by atoms with Crippen molar-refractivity contribution in [2.45, 2.75) is 12.8 Å². The fraction of sp³-hybridized carbons (Fsp3) is 0.300. The number of carboxylic acid groups (broad SMARTS) is 1. The Balaban J connectivity index is 1.74. The molecule has 3 aromatic rings. The summed E-state index contributed by atoms with van der Waals surface area (Å²) in [6.07, 6.45) is 1.34. The van der Waals surface area contributed by atoms with Gasteiger partial charge in [-0.2, -0.15) is 0 Å². The lowest BCUT2D eigenvalue weighted by Gasteiger charge is -2.16. The normalized spacial score (nSPS) is 19.3. The molecule has 1 aliphatic heterocycles. The van der Waals surface area contributed by atoms with Crippen molar-refractivity contribution in [1.29, 1.82) is 0 Å². The summed E-state index contributed by atoms with van der Waals surface area (Å²) in [5.74, 6) is -2.10. The highest BCUT2D eigenvalue weighted by molar-refractivity contribution is 6.06. The first-order chi connectivity index (χ1) is 13.4. The van der Waals surface area contributed by atoms with E-state index in [4.69, 9.17) is 4.42 Å². The Bertz CT molecular complexity index is 1130. The van der Waals surface area contributed by atoms with Crippen LogP contribution in [0.1, 0.15) is 27.6 Å². The molecule has 4 rings (SSSR count). The zero-order valence-corrected chi connectivity index (χ0v) is 15.5. The minimum Gasteiger partial charge on any atom is -0.481 e. The molecule has 0 saturated carbocycles. The van der Waals surface area contributed by atoms with Gasteiger partial charge in [-0.15, -0.1) is 0 Å². The smallest absolute Gasteiger partial charge is 0.308 e. The standard InChI is InChI=1S/C20H19N3O5/c1-11-15(16-17(28-11)21-10-22(2)18(16)24)19(25)23-8-13(14(9-23)20(26)27)12-6-4-3-5-7-12/h3-7,10,13-14H,8-9H2,1-2H3,(H,26,27). The summed E-state index contributed by atoms with van der Waals surface area (Å²) >= 11 is 0. The van der Waals surface area contributed by atoms with Crippen molar-refractivity contribution >= 4 is 23.0 Å². The van der Waals surface area contributed by atoms with Crippen LogP contribution < -0.4 is 5.56 Å². The number of likely N-dealkylation sites (tertiary alicyclic amines) is 1. The Labute approximate surface area is 160 Å². The van der Waals surface area contributed by atoms with Crippen molar-refractivity contribution in [2.75, 3.05) is 13.1 Å². The van der Waals surface area contributed by atoms with Crippen molar-refractivity contribution in [2.24, 2.45) is 13.0 Å². The number of benzene rings is 1. The molecule has 1 N–H and O–H groups in total. The molecule has 0 aliphatic carbocycles. The molecule has 2 atom stereocenters. The lowest BCUT2D eigenvalue weighted by atomic mass is 9.89. The molecular weight excluding hydrogens is 362 g/mol. The van der Waals surface area contributed by atoms with E-state index in [9.17, 15) is 19.5 Å². The van der Waals surface area contributed by atoms with Crippen LogP contribution in [0.4, 0.5) is 0 Å². The summed E-state index contributed by atoms with van der Waals surface area (Å²) in [6.45, 7) is 1.93. The summed E-state index contributed by atoms with van der Waals surface area (Å²) in [5, 5.41) is 9.79. The molecule has 144 valence electrons. The zero-order chi connectivity index (χ0) is 20.0. The number of amides is 1. The highest BCUT2D eigenvalue weighted by Crippen LogP contribution is 2.34. The first-order valence-corrected chi connectivity index (χ1v) is 8.90. The van der Waals surface area contributed by atoms with Gasteiger partial charge in [-0.1, -0.05) is 30.3 Å². The quantitative estimate of drug-likeness (QED) is 0.741. The number of nitrogens with zero attached hydrogens (tertiary/aromatic N) is 3. The Morgan fingerprint density at radius 2 is 1.93 bits per heavy atom. The van der Waals surface area contributed by atoms with E-state index >= 15 is 0 Å². The van der Waals surface area contributed by atoms with Gasteiger partial charge in [-0.05, 0) is 12.5 Å². The lowest BCUT2D eigenvalue weighted by Crippen LogP contribution is -2.31. The first-order valence-electron chi connectivity index (χ1n) is 8.90. The Kier molecular flexibility index (Phi) is 4.26. The molecule has 28 heavy (non-hydrogen) atoms. The number of fused-ring (bicyclic) bond motifs is 1. The van der Waals surface area contributed by atoms with E-state index in [1.165, 1.54) is 15.8 Å². The number of hydrogen-bond acceptors (Lipinski definition) is 5. The van der Waals surface area contributed by atoms with E-state index in [0.717, 1.165) is 5.56 Å². The van der Waals surface area contributed by atoms with Crippen molar-refractivity contribution in [1.82, 2.24) is 14.5 Å². The zero-order valence-electron chi connectivity index (χ0n) is 15.5. The topological polar surface area (TPSA) is 106 Å². The average Bonchev–Trinajstić information content (AvgIpc) is 3.27. The predicted octanol–water partition coefficient (Wildman–Crippen LogP) is 1.78. The minimum atomic E-state index is -0.949. The van der Waals surface area contributed by atoms with Crippen molar-refractivity contribution in [3.63, 3.8) is 0 Å². The third-order valence-corrected chi connectivity index (χ3v) is 5.31. The van der Waals surface area contributed by atoms with Gasteiger partial charge in [-0.25, -0.2) is 4.98 Å². The van der Waals surface area contributed by atoms with Crippen LogP contribution >= 0.6 is 0 Å². The number of carbonyl (C=O) groups excluding carboxylic acids is 1. The number of furan rings is 1. The van der Waals surface area contributed by atoms with E-state index in [0.29, 0.717) is 5.76 Å². The average molecular weight is 381 g/mol. The van der Waals surface area contributed by atoms with Crippen LogP contribution in [-0.2, 0) is 11.8 Å². The summed E-state index contributed by atoms with van der Waals surface area (Å²) in [6, 6.07) is 9.30. The molecule has 2 unspecified atom stereocenters. The first kappa shape index (κ1) is 18.0. The molecule has 1 saturated heterocycles. The number of carboxylic acids is 1. The molecule has 1 aliphatic rings. The summed E-state index contributed by atoms with van der Waals surface area (Å²) in [4.78, 5) is 43.1. The number of aryl methyl sites for hydroxylation is 2. The number of rotatable bonds is 3. The second-order valence-corrected chi connectivity index (χ2v) is 7.05. The van der Waals surface area contributed by atoms with Gasteiger partial charge in [0.05, 0.1) is 11.5 Å². The van der Waals surface area contributed by atoms with Crippen LogP contribution in [0.25, 0.3) is 11.1 Å². The summed E-state index contributed by atoms with van der Waals surface area (Å²) < 4.78 is 6.80. The van der Waals surface area contributed by atoms with Crippen molar-refractivity contribution in [3.8, 4) is 0 Å². The molecule has 3 heterocycles. The van der Waals surface area contributed by atoms with Crippen LogP contribution in [0.2, 0.25) is 0 Å². The largest absolute Gasteiger partial charge is 0.481 e. The van der Waals surface area contributed by atoms with E-state index < -0.39 is 17.8 Å². The molecule has 0 spiro atoms. The maximum Gasteiger partial charge on any atom is 0.308 e. The highest BCUT2D eigenvalue weighted by atomic mass is 16.4. The molecule has 2 aromatic heterocycles. The molecule has 1 fully saturated rings. The van der Waals surface area contributed by atoms with Gasteiger partial charge in [0.2, 0.25) is 5.71 Å². The van der Waals surface area contributed by atoms with Gasteiger partial charge in [-0.3, -0.25) is 14.4 Å². The third-order valence-electron chi connectivity index (χ3n) is 5.31. The number of hydrogen-bond donors (Lipinski definition) is 1. The second kappa shape index (κ2) is 6.63. The molecule has 0 radical (unpaired) electrons. The van der Waals surface area contributed by atoms with E-state index in [1.54, 1.807) is 14.0 Å². The maximum absolute atomic E-state index is 13.2. The highest BCUT2D eigenvalue weighted by Gasteiger charge is 2.41. The lowest BCUT2D eigenvalue weighted by molar-refractivity contribution is -0.141. The van der Waals surface area contributed by atoms with E-state index in [2.05, 4.69) is 4.98 Å². The number of carbonyl (C=O) groups is 2. The van der Waals surface area contributed by atoms with Gasteiger partial charge in [0.15, 0.2) is 0 Å². The molecule has 1 amide bonds. The van der Waals surface area contributed by atoms with Crippen LogP contribution in [0.5, 0.6) is 0 Å². The van der Waals surface area contributed by atoms with Gasteiger partial charge in [0, 0.05) is 26.1 Å². The SMILES string of the molecule is Cc1oc2ncn(C)c(=O)c2c1C(=O)N1CC(C(=O)O)C(c2ccccc2)C1.